The number of nitrogens with two attached hydrogens (primary N) is 1. The van der Waals surface area contributed by atoms with E-state index in [1.54, 1.807) is 0 Å². The van der Waals surface area contributed by atoms with E-state index in [0.717, 1.165) is 12.8 Å². The quantitative estimate of drug-likeness (QED) is 0.793. The second kappa shape index (κ2) is 4.13. The summed E-state index contributed by atoms with van der Waals surface area (Å²) in [5.74, 6) is 0.0543. The van der Waals surface area contributed by atoms with Crippen molar-refractivity contribution < 1.29 is 22.7 Å². The Hall–Kier alpha value is -0.820. The average Bonchev–Trinajstić information content (AvgIpc) is 2.93. The number of amides is 1. The number of ether oxygens (including phenoxy) is 1. The SMILES string of the molecule is NC1(C2CC2)CN(C(=O)COCC(F)(F)F)C1. The van der Waals surface area contributed by atoms with Gasteiger partial charge in [0.25, 0.3) is 0 Å². The highest BCUT2D eigenvalue weighted by atomic mass is 19.4. The fraction of sp³-hybridized carbons (Fsp3) is 0.900. The molecule has 98 valence electrons. The molecule has 0 aromatic heterocycles. The van der Waals surface area contributed by atoms with Crippen LogP contribution in [0.25, 0.3) is 0 Å². The minimum atomic E-state index is -4.39. The van der Waals surface area contributed by atoms with E-state index in [0.29, 0.717) is 19.0 Å². The van der Waals surface area contributed by atoms with Crippen molar-refractivity contribution in [3.8, 4) is 0 Å². The second-order valence-corrected chi connectivity index (χ2v) is 4.87. The molecule has 1 heterocycles. The molecule has 1 aliphatic carbocycles. The van der Waals surface area contributed by atoms with Gasteiger partial charge < -0.3 is 15.4 Å². The monoisotopic (exact) mass is 252 g/mol. The van der Waals surface area contributed by atoms with Crippen LogP contribution < -0.4 is 5.73 Å². The van der Waals surface area contributed by atoms with E-state index in [1.807, 2.05) is 0 Å². The molecule has 1 amide bonds. The number of likely N-dealkylation sites (tertiary alicyclic amines) is 1. The van der Waals surface area contributed by atoms with Crippen LogP contribution in [0.4, 0.5) is 13.2 Å². The fourth-order valence-corrected chi connectivity index (χ4v) is 2.10. The van der Waals surface area contributed by atoms with E-state index in [2.05, 4.69) is 4.74 Å². The first kappa shape index (κ1) is 12.6. The number of halogens is 3. The zero-order valence-corrected chi connectivity index (χ0v) is 9.29. The Kier molecular flexibility index (Phi) is 3.07. The van der Waals surface area contributed by atoms with E-state index < -0.39 is 25.3 Å². The molecular weight excluding hydrogens is 237 g/mol. The van der Waals surface area contributed by atoms with Gasteiger partial charge in [0.2, 0.25) is 5.91 Å². The van der Waals surface area contributed by atoms with Crippen LogP contribution in [0.2, 0.25) is 0 Å². The van der Waals surface area contributed by atoms with E-state index >= 15 is 0 Å². The van der Waals surface area contributed by atoms with Crippen LogP contribution in [0.15, 0.2) is 0 Å². The number of nitrogens with zero attached hydrogens (tertiary/aromatic N) is 1. The molecule has 17 heavy (non-hydrogen) atoms. The normalized spacial score (nSPS) is 23.4. The predicted molar refractivity (Wildman–Crippen MR) is 53.1 cm³/mol. The number of carbonyl (C=O) groups is 1. The molecule has 0 radical (unpaired) electrons. The minimum Gasteiger partial charge on any atom is -0.362 e. The van der Waals surface area contributed by atoms with Crippen LogP contribution in [0.3, 0.4) is 0 Å². The Balaban J connectivity index is 1.65. The Morgan fingerprint density at radius 2 is 2.00 bits per heavy atom. The van der Waals surface area contributed by atoms with Crippen LogP contribution >= 0.6 is 0 Å². The number of hydrogen-bond acceptors (Lipinski definition) is 3. The number of rotatable bonds is 4. The summed E-state index contributed by atoms with van der Waals surface area (Å²) in [6, 6.07) is 0. The van der Waals surface area contributed by atoms with Crippen molar-refractivity contribution in [2.75, 3.05) is 26.3 Å². The van der Waals surface area contributed by atoms with Gasteiger partial charge in [-0.05, 0) is 18.8 Å². The largest absolute Gasteiger partial charge is 0.411 e. The zero-order chi connectivity index (χ0) is 12.7. The van der Waals surface area contributed by atoms with Gasteiger partial charge in [-0.1, -0.05) is 0 Å². The lowest BCUT2D eigenvalue weighted by Gasteiger charge is -2.48. The first-order valence-corrected chi connectivity index (χ1v) is 5.51. The van der Waals surface area contributed by atoms with Gasteiger partial charge in [0.1, 0.15) is 13.2 Å². The third-order valence-electron chi connectivity index (χ3n) is 3.20. The highest BCUT2D eigenvalue weighted by Gasteiger charge is 2.51. The van der Waals surface area contributed by atoms with Crippen molar-refractivity contribution in [1.82, 2.24) is 4.90 Å². The molecule has 2 fully saturated rings. The molecular formula is C10H15F3N2O2. The molecule has 1 saturated carbocycles. The summed E-state index contributed by atoms with van der Waals surface area (Å²) in [6.07, 6.45) is -2.22. The number of alkyl halides is 3. The minimum absolute atomic E-state index is 0.306. The highest BCUT2D eigenvalue weighted by molar-refractivity contribution is 5.78. The van der Waals surface area contributed by atoms with Gasteiger partial charge in [0, 0.05) is 13.1 Å². The summed E-state index contributed by atoms with van der Waals surface area (Å²) in [7, 11) is 0. The molecule has 2 aliphatic rings. The van der Waals surface area contributed by atoms with Gasteiger partial charge in [-0.25, -0.2) is 0 Å². The van der Waals surface area contributed by atoms with Crippen molar-refractivity contribution in [3.05, 3.63) is 0 Å². The van der Waals surface area contributed by atoms with Crippen LogP contribution in [-0.4, -0.2) is 48.8 Å². The fourth-order valence-electron chi connectivity index (χ4n) is 2.10. The van der Waals surface area contributed by atoms with Crippen molar-refractivity contribution in [2.45, 2.75) is 24.6 Å². The molecule has 0 spiro atoms. The maximum absolute atomic E-state index is 11.8. The highest BCUT2D eigenvalue weighted by Crippen LogP contribution is 2.42. The summed E-state index contributed by atoms with van der Waals surface area (Å²) in [4.78, 5) is 12.9. The maximum Gasteiger partial charge on any atom is 0.411 e. The van der Waals surface area contributed by atoms with Gasteiger partial charge in [-0.2, -0.15) is 13.2 Å². The standard InChI is InChI=1S/C10H15F3N2O2/c11-10(12,13)6-17-3-8(16)15-4-9(14,5-15)7-1-2-7/h7H,1-6,14H2. The van der Waals surface area contributed by atoms with Gasteiger partial charge in [0.05, 0.1) is 5.54 Å². The van der Waals surface area contributed by atoms with Crippen LogP contribution in [0.1, 0.15) is 12.8 Å². The smallest absolute Gasteiger partial charge is 0.362 e. The second-order valence-electron chi connectivity index (χ2n) is 4.87. The Bertz CT molecular complexity index is 309. The summed E-state index contributed by atoms with van der Waals surface area (Å²) in [6.45, 7) is -1.04. The molecule has 0 atom stereocenters. The summed E-state index contributed by atoms with van der Waals surface area (Å²) >= 11 is 0. The van der Waals surface area contributed by atoms with Crippen LogP contribution in [0, 0.1) is 5.92 Å². The van der Waals surface area contributed by atoms with E-state index in [-0.39, 0.29) is 5.54 Å². The molecule has 0 unspecified atom stereocenters. The van der Waals surface area contributed by atoms with Crippen molar-refractivity contribution in [1.29, 1.82) is 0 Å². The molecule has 7 heteroatoms. The Labute approximate surface area is 96.9 Å². The van der Waals surface area contributed by atoms with Crippen molar-refractivity contribution in [2.24, 2.45) is 11.7 Å². The van der Waals surface area contributed by atoms with Crippen molar-refractivity contribution >= 4 is 5.91 Å². The molecule has 1 saturated heterocycles. The lowest BCUT2D eigenvalue weighted by atomic mass is 9.86. The number of hydrogen-bond donors (Lipinski definition) is 1. The average molecular weight is 252 g/mol. The third kappa shape index (κ3) is 3.10. The molecule has 0 aromatic carbocycles. The Morgan fingerprint density at radius 3 is 2.47 bits per heavy atom. The van der Waals surface area contributed by atoms with E-state index in [1.165, 1.54) is 4.90 Å². The summed E-state index contributed by atoms with van der Waals surface area (Å²) in [5.41, 5.74) is 5.71. The summed E-state index contributed by atoms with van der Waals surface area (Å²) < 4.78 is 39.6. The van der Waals surface area contributed by atoms with Gasteiger partial charge in [-0.3, -0.25) is 4.79 Å². The topological polar surface area (TPSA) is 55.6 Å². The van der Waals surface area contributed by atoms with E-state index in [9.17, 15) is 18.0 Å². The maximum atomic E-state index is 11.8. The molecule has 2 N–H and O–H groups in total. The lowest BCUT2D eigenvalue weighted by Crippen LogP contribution is -2.70. The van der Waals surface area contributed by atoms with Crippen LogP contribution in [0.5, 0.6) is 0 Å². The molecule has 1 aliphatic heterocycles. The Morgan fingerprint density at radius 1 is 1.41 bits per heavy atom. The molecule has 2 rings (SSSR count). The number of carbonyl (C=O) groups excluding carboxylic acids is 1. The van der Waals surface area contributed by atoms with Crippen molar-refractivity contribution in [3.63, 3.8) is 0 Å². The molecule has 0 bridgehead atoms. The van der Waals surface area contributed by atoms with E-state index in [4.69, 9.17) is 5.73 Å². The first-order chi connectivity index (χ1) is 7.80. The third-order valence-corrected chi connectivity index (χ3v) is 3.20. The van der Waals surface area contributed by atoms with Crippen LogP contribution in [-0.2, 0) is 9.53 Å². The zero-order valence-electron chi connectivity index (χ0n) is 9.29. The summed E-state index contributed by atoms with van der Waals surface area (Å²) in [5, 5.41) is 0. The molecule has 0 aromatic rings. The first-order valence-electron chi connectivity index (χ1n) is 5.51. The lowest BCUT2D eigenvalue weighted by molar-refractivity contribution is -0.179. The van der Waals surface area contributed by atoms with Gasteiger partial charge >= 0.3 is 6.18 Å². The predicted octanol–water partition coefficient (Wildman–Crippen LogP) is 0.515. The van der Waals surface area contributed by atoms with Gasteiger partial charge in [0.15, 0.2) is 0 Å². The molecule has 4 nitrogen and oxygen atoms in total. The van der Waals surface area contributed by atoms with Gasteiger partial charge in [-0.15, -0.1) is 0 Å².